The standard InChI is InChI=1S/C16H20ClN3O3S/c1-4-20-14(9-23-13-8-11(3)6-7-12(13)17)18-19-16(20)24-10-15(21)22-5-2/h6-8H,4-5,9-10H2,1-3H3. The van der Waals surface area contributed by atoms with Crippen molar-refractivity contribution in [3.05, 3.63) is 34.6 Å². The smallest absolute Gasteiger partial charge is 0.316 e. The van der Waals surface area contributed by atoms with E-state index in [4.69, 9.17) is 21.1 Å². The summed E-state index contributed by atoms with van der Waals surface area (Å²) in [4.78, 5) is 11.5. The molecule has 24 heavy (non-hydrogen) atoms. The Bertz CT molecular complexity index is 706. The Morgan fingerprint density at radius 1 is 1.33 bits per heavy atom. The van der Waals surface area contributed by atoms with Crippen molar-refractivity contribution in [3.8, 4) is 5.75 Å². The lowest BCUT2D eigenvalue weighted by atomic mass is 10.2. The highest BCUT2D eigenvalue weighted by atomic mass is 35.5. The van der Waals surface area contributed by atoms with Crippen molar-refractivity contribution in [2.45, 2.75) is 39.1 Å². The van der Waals surface area contributed by atoms with E-state index in [0.717, 1.165) is 5.56 Å². The van der Waals surface area contributed by atoms with E-state index >= 15 is 0 Å². The molecule has 0 aliphatic rings. The molecule has 0 saturated carbocycles. The Morgan fingerprint density at radius 3 is 2.83 bits per heavy atom. The second kappa shape index (κ2) is 8.94. The first-order valence-corrected chi connectivity index (χ1v) is 9.01. The molecule has 1 aromatic heterocycles. The van der Waals surface area contributed by atoms with E-state index < -0.39 is 0 Å². The van der Waals surface area contributed by atoms with Gasteiger partial charge in [-0.25, -0.2) is 0 Å². The SMILES string of the molecule is CCOC(=O)CSc1nnc(COc2cc(C)ccc2Cl)n1CC. The quantitative estimate of drug-likeness (QED) is 0.524. The summed E-state index contributed by atoms with van der Waals surface area (Å²) in [5.74, 6) is 1.23. The molecule has 130 valence electrons. The zero-order chi connectivity index (χ0) is 17.5. The van der Waals surface area contributed by atoms with E-state index in [0.29, 0.717) is 34.9 Å². The number of halogens is 1. The normalized spacial score (nSPS) is 10.7. The van der Waals surface area contributed by atoms with Crippen molar-refractivity contribution < 1.29 is 14.3 Å². The van der Waals surface area contributed by atoms with Crippen molar-refractivity contribution in [1.29, 1.82) is 0 Å². The van der Waals surface area contributed by atoms with E-state index in [9.17, 15) is 4.79 Å². The first kappa shape index (κ1) is 18.6. The number of ether oxygens (including phenoxy) is 2. The molecule has 6 nitrogen and oxygen atoms in total. The van der Waals surface area contributed by atoms with Gasteiger partial charge in [0.25, 0.3) is 0 Å². The molecule has 1 aromatic carbocycles. The Hall–Kier alpha value is -1.73. The topological polar surface area (TPSA) is 66.2 Å². The van der Waals surface area contributed by atoms with Crippen LogP contribution in [-0.2, 0) is 22.7 Å². The molecule has 0 fully saturated rings. The van der Waals surface area contributed by atoms with E-state index in [1.807, 2.05) is 30.5 Å². The Balaban J connectivity index is 2.03. The minimum absolute atomic E-state index is 0.205. The van der Waals surface area contributed by atoms with Crippen LogP contribution in [0.1, 0.15) is 25.2 Å². The molecule has 2 rings (SSSR count). The lowest BCUT2D eigenvalue weighted by molar-refractivity contribution is -0.139. The van der Waals surface area contributed by atoms with Gasteiger partial charge in [-0.2, -0.15) is 0 Å². The number of rotatable bonds is 8. The van der Waals surface area contributed by atoms with Gasteiger partial charge in [-0.15, -0.1) is 10.2 Å². The third kappa shape index (κ3) is 4.88. The molecule has 0 atom stereocenters. The van der Waals surface area contributed by atoms with Crippen LogP contribution in [0.25, 0.3) is 0 Å². The lowest BCUT2D eigenvalue weighted by Gasteiger charge is -2.10. The van der Waals surface area contributed by atoms with E-state index in [1.54, 1.807) is 13.0 Å². The van der Waals surface area contributed by atoms with Crippen LogP contribution in [0, 0.1) is 6.92 Å². The van der Waals surface area contributed by atoms with Crippen LogP contribution >= 0.6 is 23.4 Å². The zero-order valence-corrected chi connectivity index (χ0v) is 15.5. The summed E-state index contributed by atoms with van der Waals surface area (Å²) in [6.07, 6.45) is 0. The minimum Gasteiger partial charge on any atom is -0.484 e. The molecule has 8 heteroatoms. The molecule has 1 heterocycles. The summed E-state index contributed by atoms with van der Waals surface area (Å²) in [7, 11) is 0. The molecule has 0 bridgehead atoms. The fourth-order valence-corrected chi connectivity index (χ4v) is 3.03. The number of carbonyl (C=O) groups is 1. The predicted octanol–water partition coefficient (Wildman–Crippen LogP) is 3.49. The Morgan fingerprint density at radius 2 is 2.12 bits per heavy atom. The molecular formula is C16H20ClN3O3S. The number of benzene rings is 1. The summed E-state index contributed by atoms with van der Waals surface area (Å²) in [6.45, 7) is 7.05. The van der Waals surface area contributed by atoms with E-state index in [1.165, 1.54) is 11.8 Å². The Kier molecular flexibility index (Phi) is 6.93. The van der Waals surface area contributed by atoms with E-state index in [-0.39, 0.29) is 18.3 Å². The summed E-state index contributed by atoms with van der Waals surface area (Å²) >= 11 is 7.43. The molecule has 0 radical (unpaired) electrons. The largest absolute Gasteiger partial charge is 0.484 e. The van der Waals surface area contributed by atoms with Crippen molar-refractivity contribution in [1.82, 2.24) is 14.8 Å². The van der Waals surface area contributed by atoms with Crippen LogP contribution in [-0.4, -0.2) is 33.1 Å². The second-order valence-electron chi connectivity index (χ2n) is 4.96. The summed E-state index contributed by atoms with van der Waals surface area (Å²) in [5, 5.41) is 9.50. The van der Waals surface area contributed by atoms with Crippen molar-refractivity contribution in [2.75, 3.05) is 12.4 Å². The number of carbonyl (C=O) groups excluding carboxylic acids is 1. The van der Waals surface area contributed by atoms with Gasteiger partial charge in [-0.05, 0) is 38.5 Å². The minimum atomic E-state index is -0.266. The fourth-order valence-electron chi connectivity index (χ4n) is 2.04. The lowest BCUT2D eigenvalue weighted by Crippen LogP contribution is -2.10. The number of hydrogen-bond donors (Lipinski definition) is 0. The highest BCUT2D eigenvalue weighted by molar-refractivity contribution is 7.99. The number of nitrogens with zero attached hydrogens (tertiary/aromatic N) is 3. The van der Waals surface area contributed by atoms with Gasteiger partial charge in [0, 0.05) is 6.54 Å². The average molecular weight is 370 g/mol. The molecule has 0 amide bonds. The molecule has 0 unspecified atom stereocenters. The fraction of sp³-hybridized carbons (Fsp3) is 0.438. The van der Waals surface area contributed by atoms with Crippen LogP contribution in [0.4, 0.5) is 0 Å². The van der Waals surface area contributed by atoms with Gasteiger partial charge < -0.3 is 14.0 Å². The van der Waals surface area contributed by atoms with Crippen LogP contribution in [0.5, 0.6) is 5.75 Å². The summed E-state index contributed by atoms with van der Waals surface area (Å²) < 4.78 is 12.6. The van der Waals surface area contributed by atoms with Gasteiger partial charge in [-0.3, -0.25) is 4.79 Å². The van der Waals surface area contributed by atoms with Gasteiger partial charge in [0.2, 0.25) is 0 Å². The van der Waals surface area contributed by atoms with Crippen LogP contribution in [0.15, 0.2) is 23.4 Å². The molecule has 2 aromatic rings. The van der Waals surface area contributed by atoms with Gasteiger partial charge in [0.1, 0.15) is 12.4 Å². The highest BCUT2D eigenvalue weighted by Crippen LogP contribution is 2.26. The molecule has 0 N–H and O–H groups in total. The molecule has 0 aliphatic carbocycles. The van der Waals surface area contributed by atoms with Gasteiger partial charge >= 0.3 is 5.97 Å². The summed E-state index contributed by atoms with van der Waals surface area (Å²) in [5.41, 5.74) is 1.07. The molecule has 0 saturated heterocycles. The maximum Gasteiger partial charge on any atom is 0.316 e. The van der Waals surface area contributed by atoms with Crippen molar-refractivity contribution in [3.63, 3.8) is 0 Å². The monoisotopic (exact) mass is 369 g/mol. The van der Waals surface area contributed by atoms with Crippen LogP contribution in [0.3, 0.4) is 0 Å². The third-order valence-corrected chi connectivity index (χ3v) is 4.43. The second-order valence-corrected chi connectivity index (χ2v) is 6.31. The first-order valence-electron chi connectivity index (χ1n) is 7.64. The maximum absolute atomic E-state index is 11.5. The number of aromatic nitrogens is 3. The number of esters is 1. The van der Waals surface area contributed by atoms with Gasteiger partial charge in [-0.1, -0.05) is 29.4 Å². The van der Waals surface area contributed by atoms with Crippen molar-refractivity contribution >= 4 is 29.3 Å². The zero-order valence-electron chi connectivity index (χ0n) is 13.9. The number of thioether (sulfide) groups is 1. The third-order valence-electron chi connectivity index (χ3n) is 3.18. The average Bonchev–Trinajstić information content (AvgIpc) is 2.96. The maximum atomic E-state index is 11.5. The number of aryl methyl sites for hydroxylation is 1. The van der Waals surface area contributed by atoms with Gasteiger partial charge in [0.15, 0.2) is 11.0 Å². The van der Waals surface area contributed by atoms with Crippen LogP contribution < -0.4 is 4.74 Å². The predicted molar refractivity (Wildman–Crippen MR) is 93.6 cm³/mol. The van der Waals surface area contributed by atoms with Crippen LogP contribution in [0.2, 0.25) is 5.02 Å². The molecule has 0 spiro atoms. The molecule has 0 aliphatic heterocycles. The summed E-state index contributed by atoms with van der Waals surface area (Å²) in [6, 6.07) is 5.61. The Labute approximate surface area is 150 Å². The van der Waals surface area contributed by atoms with Crippen molar-refractivity contribution in [2.24, 2.45) is 0 Å². The van der Waals surface area contributed by atoms with Gasteiger partial charge in [0.05, 0.1) is 17.4 Å². The highest BCUT2D eigenvalue weighted by Gasteiger charge is 2.14. The molecular weight excluding hydrogens is 350 g/mol. The number of hydrogen-bond acceptors (Lipinski definition) is 6. The first-order chi connectivity index (χ1) is 11.5. The van der Waals surface area contributed by atoms with E-state index in [2.05, 4.69) is 10.2 Å².